The zero-order valence-electron chi connectivity index (χ0n) is 15.3. The number of benzene rings is 2. The summed E-state index contributed by atoms with van der Waals surface area (Å²) in [7, 11) is 0. The number of hydrogen-bond donors (Lipinski definition) is 0. The van der Waals surface area contributed by atoms with Gasteiger partial charge in [-0.25, -0.2) is 0 Å². The van der Waals surface area contributed by atoms with Crippen LogP contribution in [0.25, 0.3) is 10.2 Å². The number of nitrogens with zero attached hydrogens (tertiary/aromatic N) is 2. The molecule has 2 heterocycles. The zero-order chi connectivity index (χ0) is 19.0. The Balaban J connectivity index is 1.74. The Labute approximate surface area is 161 Å². The number of allylic oxidation sites excluding steroid dienone is 1. The summed E-state index contributed by atoms with van der Waals surface area (Å²) in [6.45, 7) is 8.72. The molecule has 0 fully saturated rings. The van der Waals surface area contributed by atoms with Crippen LogP contribution in [0.1, 0.15) is 11.1 Å². The third-order valence-electron chi connectivity index (χ3n) is 4.41. The molecule has 6 heteroatoms. The molecule has 27 heavy (non-hydrogen) atoms. The van der Waals surface area contributed by atoms with Gasteiger partial charge in [-0.05, 0) is 43.2 Å². The minimum absolute atomic E-state index is 0.157. The first-order valence-corrected chi connectivity index (χ1v) is 9.57. The maximum atomic E-state index is 12.8. The molecule has 0 radical (unpaired) electrons. The van der Waals surface area contributed by atoms with E-state index in [-0.39, 0.29) is 12.5 Å². The van der Waals surface area contributed by atoms with Crippen LogP contribution in [0.15, 0.2) is 54.0 Å². The van der Waals surface area contributed by atoms with Crippen molar-refractivity contribution >= 4 is 27.5 Å². The number of para-hydroxylation sites is 2. The summed E-state index contributed by atoms with van der Waals surface area (Å²) in [5.41, 5.74) is 3.43. The molecule has 0 saturated heterocycles. The number of ether oxygens (including phenoxy) is 2. The Morgan fingerprint density at radius 2 is 2.11 bits per heavy atom. The van der Waals surface area contributed by atoms with Crippen molar-refractivity contribution in [3.8, 4) is 11.5 Å². The fourth-order valence-corrected chi connectivity index (χ4v) is 4.50. The largest absolute Gasteiger partial charge is 0.485 e. The van der Waals surface area contributed by atoms with Gasteiger partial charge < -0.3 is 14.0 Å². The van der Waals surface area contributed by atoms with Crippen molar-refractivity contribution in [2.75, 3.05) is 6.61 Å². The first-order chi connectivity index (χ1) is 13.1. The Kier molecular flexibility index (Phi) is 4.58. The number of carbonyl (C=O) groups is 1. The van der Waals surface area contributed by atoms with E-state index in [0.717, 1.165) is 15.8 Å². The second kappa shape index (κ2) is 7.04. The van der Waals surface area contributed by atoms with Crippen LogP contribution in [0, 0.1) is 13.8 Å². The minimum Gasteiger partial charge on any atom is -0.485 e. The molecular formula is C21H20N2O3S. The monoisotopic (exact) mass is 380 g/mol. The van der Waals surface area contributed by atoms with Gasteiger partial charge in [0.15, 0.2) is 16.3 Å². The average molecular weight is 380 g/mol. The van der Waals surface area contributed by atoms with Gasteiger partial charge >= 0.3 is 0 Å². The molecule has 138 valence electrons. The summed E-state index contributed by atoms with van der Waals surface area (Å²) in [5.74, 6) is 0.874. The van der Waals surface area contributed by atoms with Gasteiger partial charge in [0.25, 0.3) is 5.91 Å². The number of aryl methyl sites for hydroxylation is 2. The van der Waals surface area contributed by atoms with E-state index in [4.69, 9.17) is 9.47 Å². The molecule has 0 bridgehead atoms. The molecule has 1 atom stereocenters. The molecule has 0 saturated carbocycles. The average Bonchev–Trinajstić information content (AvgIpc) is 2.98. The Hall–Kier alpha value is -2.86. The van der Waals surface area contributed by atoms with E-state index in [1.807, 2.05) is 28.8 Å². The smallest absolute Gasteiger partial charge is 0.292 e. The molecule has 1 aliphatic heterocycles. The summed E-state index contributed by atoms with van der Waals surface area (Å²) >= 11 is 1.50. The fourth-order valence-electron chi connectivity index (χ4n) is 3.28. The maximum absolute atomic E-state index is 12.8. The van der Waals surface area contributed by atoms with Crippen LogP contribution in [0.4, 0.5) is 0 Å². The van der Waals surface area contributed by atoms with Gasteiger partial charge in [0, 0.05) is 6.54 Å². The topological polar surface area (TPSA) is 52.8 Å². The normalized spacial score (nSPS) is 16.5. The number of aromatic nitrogens is 1. The first-order valence-electron chi connectivity index (χ1n) is 8.75. The van der Waals surface area contributed by atoms with E-state index >= 15 is 0 Å². The number of hydrogen-bond acceptors (Lipinski definition) is 4. The lowest BCUT2D eigenvalue weighted by atomic mass is 10.1. The van der Waals surface area contributed by atoms with Crippen LogP contribution >= 0.6 is 11.3 Å². The molecule has 5 nitrogen and oxygen atoms in total. The van der Waals surface area contributed by atoms with Crippen LogP contribution in [0.5, 0.6) is 11.5 Å². The standard InChI is InChI=1S/C21H20N2O3S/c1-4-9-23-19-14(3)10-13(2)11-18(19)27-21(23)22-20(24)17-12-25-15-7-5-6-8-16(15)26-17/h4-8,10-11,17H,1,9,12H2,2-3H3/t17-/m1/s1. The van der Waals surface area contributed by atoms with Crippen molar-refractivity contribution in [2.45, 2.75) is 26.5 Å². The number of amides is 1. The van der Waals surface area contributed by atoms with Gasteiger partial charge in [0.2, 0.25) is 6.10 Å². The number of thiazole rings is 1. The molecule has 1 aromatic heterocycles. The SMILES string of the molecule is C=CCn1c(=NC(=O)[C@H]2COc3ccccc3O2)sc2cc(C)cc(C)c21. The molecule has 1 amide bonds. The summed E-state index contributed by atoms with van der Waals surface area (Å²) < 4.78 is 14.6. The lowest BCUT2D eigenvalue weighted by Gasteiger charge is -2.23. The predicted molar refractivity (Wildman–Crippen MR) is 106 cm³/mol. The predicted octanol–water partition coefficient (Wildman–Crippen LogP) is 3.77. The van der Waals surface area contributed by atoms with Crippen molar-refractivity contribution in [3.63, 3.8) is 0 Å². The van der Waals surface area contributed by atoms with Crippen LogP contribution in [0.3, 0.4) is 0 Å². The highest BCUT2D eigenvalue weighted by atomic mass is 32.1. The molecule has 4 rings (SSSR count). The van der Waals surface area contributed by atoms with E-state index < -0.39 is 6.10 Å². The summed E-state index contributed by atoms with van der Waals surface area (Å²) in [6.07, 6.45) is 1.07. The number of rotatable bonds is 3. The quantitative estimate of drug-likeness (QED) is 0.650. The molecule has 1 aliphatic rings. The Bertz CT molecular complexity index is 1110. The summed E-state index contributed by atoms with van der Waals surface area (Å²) in [6, 6.07) is 11.6. The van der Waals surface area contributed by atoms with Crippen LogP contribution < -0.4 is 14.3 Å². The molecule has 0 aliphatic carbocycles. The van der Waals surface area contributed by atoms with Crippen molar-refractivity contribution in [1.82, 2.24) is 4.57 Å². The lowest BCUT2D eigenvalue weighted by Crippen LogP contribution is -2.36. The van der Waals surface area contributed by atoms with Crippen molar-refractivity contribution in [1.29, 1.82) is 0 Å². The summed E-state index contributed by atoms with van der Waals surface area (Å²) in [4.78, 5) is 17.8. The van der Waals surface area contributed by atoms with Crippen molar-refractivity contribution < 1.29 is 14.3 Å². The van der Waals surface area contributed by atoms with E-state index in [9.17, 15) is 4.79 Å². The van der Waals surface area contributed by atoms with Gasteiger partial charge in [-0.3, -0.25) is 4.79 Å². The maximum Gasteiger partial charge on any atom is 0.292 e. The highest BCUT2D eigenvalue weighted by molar-refractivity contribution is 7.16. The van der Waals surface area contributed by atoms with Gasteiger partial charge in [0.05, 0.1) is 10.2 Å². The van der Waals surface area contributed by atoms with Gasteiger partial charge in [-0.15, -0.1) is 6.58 Å². The minimum atomic E-state index is -0.745. The van der Waals surface area contributed by atoms with E-state index in [1.165, 1.54) is 16.9 Å². The molecule has 3 aromatic rings. The number of fused-ring (bicyclic) bond motifs is 2. The van der Waals surface area contributed by atoms with Gasteiger partial charge in [0.1, 0.15) is 6.61 Å². The van der Waals surface area contributed by atoms with Crippen LogP contribution in [-0.4, -0.2) is 23.2 Å². The van der Waals surface area contributed by atoms with E-state index in [1.54, 1.807) is 6.07 Å². The van der Waals surface area contributed by atoms with Gasteiger partial charge in [-0.1, -0.05) is 35.6 Å². The first kappa shape index (κ1) is 17.5. The lowest BCUT2D eigenvalue weighted by molar-refractivity contribution is -0.127. The molecule has 0 spiro atoms. The Morgan fingerprint density at radius 3 is 2.89 bits per heavy atom. The van der Waals surface area contributed by atoms with Crippen LogP contribution in [-0.2, 0) is 11.3 Å². The third-order valence-corrected chi connectivity index (χ3v) is 5.44. The zero-order valence-corrected chi connectivity index (χ0v) is 16.1. The molecule has 2 aromatic carbocycles. The number of carbonyl (C=O) groups excluding carboxylic acids is 1. The van der Waals surface area contributed by atoms with Crippen LogP contribution in [0.2, 0.25) is 0 Å². The highest BCUT2D eigenvalue weighted by Crippen LogP contribution is 2.31. The fraction of sp³-hybridized carbons (Fsp3) is 0.238. The van der Waals surface area contributed by atoms with Gasteiger partial charge in [-0.2, -0.15) is 4.99 Å². The van der Waals surface area contributed by atoms with Crippen molar-refractivity contribution in [3.05, 3.63) is 65.0 Å². The molecular weight excluding hydrogens is 360 g/mol. The summed E-state index contributed by atoms with van der Waals surface area (Å²) in [5, 5.41) is 0. The van der Waals surface area contributed by atoms with Crippen molar-refractivity contribution in [2.24, 2.45) is 4.99 Å². The molecule has 0 unspecified atom stereocenters. The highest BCUT2D eigenvalue weighted by Gasteiger charge is 2.27. The van der Waals surface area contributed by atoms with E-state index in [0.29, 0.717) is 22.8 Å². The second-order valence-electron chi connectivity index (χ2n) is 6.53. The second-order valence-corrected chi connectivity index (χ2v) is 7.54. The van der Waals surface area contributed by atoms with E-state index in [2.05, 4.69) is 37.6 Å². The molecule has 0 N–H and O–H groups in total. The third kappa shape index (κ3) is 3.28. The Morgan fingerprint density at radius 1 is 1.33 bits per heavy atom.